The first-order chi connectivity index (χ1) is 15.1. The zero-order chi connectivity index (χ0) is 23.6. The van der Waals surface area contributed by atoms with Crippen molar-refractivity contribution in [2.45, 2.75) is 33.1 Å². The molecule has 0 saturated carbocycles. The normalized spacial score (nSPS) is 12.6. The third-order valence-electron chi connectivity index (χ3n) is 4.25. The Morgan fingerprint density at radius 1 is 1.22 bits per heavy atom. The molecule has 0 aliphatic rings. The van der Waals surface area contributed by atoms with Crippen LogP contribution in [0.1, 0.15) is 44.2 Å². The average Bonchev–Trinajstić information content (AvgIpc) is 2.71. The van der Waals surface area contributed by atoms with Crippen molar-refractivity contribution >= 4 is 33.2 Å². The van der Waals surface area contributed by atoms with Crippen molar-refractivity contribution in [1.29, 1.82) is 0 Å². The van der Waals surface area contributed by atoms with E-state index in [0.29, 0.717) is 25.1 Å². The number of aliphatic carboxylic acids is 1. The Labute approximate surface area is 189 Å². The molecule has 2 rings (SSSR count). The highest BCUT2D eigenvalue weighted by Crippen LogP contribution is 2.26. The minimum absolute atomic E-state index is 0.102. The second kappa shape index (κ2) is 12.0. The molecule has 0 aliphatic carbocycles. The number of nitrogens with zero attached hydrogens (tertiary/aromatic N) is 2. The Morgan fingerprint density at radius 2 is 1.97 bits per heavy atom. The quantitative estimate of drug-likeness (QED) is 0.283. The van der Waals surface area contributed by atoms with Gasteiger partial charge in [0.25, 0.3) is 0 Å². The highest BCUT2D eigenvalue weighted by atomic mass is 32.2. The Morgan fingerprint density at radius 3 is 2.59 bits per heavy atom. The molecule has 9 heteroatoms. The van der Waals surface area contributed by atoms with E-state index in [0.717, 1.165) is 23.0 Å². The van der Waals surface area contributed by atoms with E-state index in [-0.39, 0.29) is 18.3 Å². The van der Waals surface area contributed by atoms with E-state index >= 15 is 0 Å². The van der Waals surface area contributed by atoms with Gasteiger partial charge in [0.15, 0.2) is 0 Å². The summed E-state index contributed by atoms with van der Waals surface area (Å²) in [6.07, 6.45) is 7.76. The van der Waals surface area contributed by atoms with Crippen molar-refractivity contribution in [1.82, 2.24) is 9.71 Å². The second-order valence-electron chi connectivity index (χ2n) is 7.81. The number of carboxylic acid groups (broad SMARTS) is 1. The van der Waals surface area contributed by atoms with Crippen molar-refractivity contribution in [3.05, 3.63) is 66.0 Å². The molecule has 8 nitrogen and oxygen atoms in total. The lowest BCUT2D eigenvalue weighted by molar-refractivity contribution is -0.137. The van der Waals surface area contributed by atoms with Gasteiger partial charge >= 0.3 is 5.97 Å². The molecule has 32 heavy (non-hydrogen) atoms. The molecule has 3 N–H and O–H groups in total. The number of sulfonamides is 1. The number of carbonyl (C=O) groups is 1. The van der Waals surface area contributed by atoms with Crippen LogP contribution in [-0.4, -0.2) is 43.2 Å². The van der Waals surface area contributed by atoms with Crippen molar-refractivity contribution in [2.24, 2.45) is 10.9 Å². The molecule has 0 spiro atoms. The highest BCUT2D eigenvalue weighted by molar-refractivity contribution is 7.89. The number of benzene rings is 1. The number of rotatable bonds is 10. The summed E-state index contributed by atoms with van der Waals surface area (Å²) in [6.45, 7) is 4.46. The van der Waals surface area contributed by atoms with Gasteiger partial charge in [-0.15, -0.1) is 0 Å². The van der Waals surface area contributed by atoms with E-state index in [9.17, 15) is 13.2 Å². The maximum atomic E-state index is 11.7. The molecule has 172 valence electrons. The summed E-state index contributed by atoms with van der Waals surface area (Å²) in [4.78, 5) is 19.4. The summed E-state index contributed by atoms with van der Waals surface area (Å²) >= 11 is 0. The minimum atomic E-state index is -3.49. The van der Waals surface area contributed by atoms with Gasteiger partial charge < -0.3 is 10.4 Å². The molecule has 0 unspecified atom stereocenters. The lowest BCUT2D eigenvalue weighted by Crippen LogP contribution is -2.35. The first-order valence-electron chi connectivity index (χ1n) is 10.4. The zero-order valence-corrected chi connectivity index (χ0v) is 19.4. The smallest absolute Gasteiger partial charge is 0.303 e. The van der Waals surface area contributed by atoms with E-state index in [1.54, 1.807) is 12.4 Å². The lowest BCUT2D eigenvalue weighted by atomic mass is 9.97. The first kappa shape index (κ1) is 25.1. The number of anilines is 1. The number of aromatic nitrogens is 1. The second-order valence-corrected chi connectivity index (χ2v) is 9.56. The molecular weight excluding hydrogens is 428 g/mol. The summed E-state index contributed by atoms with van der Waals surface area (Å²) in [5, 5.41) is 12.0. The van der Waals surface area contributed by atoms with Crippen LogP contribution in [0, 0.1) is 5.92 Å². The monoisotopic (exact) mass is 458 g/mol. The van der Waals surface area contributed by atoms with Gasteiger partial charge in [0.1, 0.15) is 0 Å². The standard InChI is InChI=1S/C23H30N4O4S/c1-17(2)15-25-23(27-32(3,30)31)26-20-10-6-8-18(14-20)21(11-4-5-12-22(28)29)19-9-7-13-24-16-19/h6-11,13-14,16-17H,4-5,12,15H2,1-3H3,(H,28,29)(H2,25,26,27). The number of allylic oxidation sites excluding steroid dienone is 1. The van der Waals surface area contributed by atoms with Gasteiger partial charge in [0, 0.05) is 36.6 Å². The van der Waals surface area contributed by atoms with E-state index in [2.05, 4.69) is 20.0 Å². The zero-order valence-electron chi connectivity index (χ0n) is 18.6. The molecule has 0 amide bonds. The molecular formula is C23H30N4O4S. The van der Waals surface area contributed by atoms with Gasteiger partial charge in [-0.05, 0) is 48.1 Å². The summed E-state index contributed by atoms with van der Waals surface area (Å²) in [7, 11) is -3.49. The summed E-state index contributed by atoms with van der Waals surface area (Å²) < 4.78 is 25.9. The van der Waals surface area contributed by atoms with Crippen LogP contribution in [0.3, 0.4) is 0 Å². The fourth-order valence-corrected chi connectivity index (χ4v) is 3.34. The Bertz CT molecular complexity index is 1060. The first-order valence-corrected chi connectivity index (χ1v) is 12.2. The molecule has 2 aromatic rings. The van der Waals surface area contributed by atoms with Crippen LogP contribution in [-0.2, 0) is 14.8 Å². The van der Waals surface area contributed by atoms with Gasteiger partial charge in [-0.3, -0.25) is 19.5 Å². The van der Waals surface area contributed by atoms with Crippen LogP contribution < -0.4 is 10.0 Å². The summed E-state index contributed by atoms with van der Waals surface area (Å²) in [5.41, 5.74) is 3.38. The van der Waals surface area contributed by atoms with Crippen LogP contribution in [0.4, 0.5) is 5.69 Å². The maximum Gasteiger partial charge on any atom is 0.303 e. The molecule has 0 radical (unpaired) electrons. The molecule has 0 aliphatic heterocycles. The van der Waals surface area contributed by atoms with Crippen LogP contribution in [0.25, 0.3) is 5.57 Å². The van der Waals surface area contributed by atoms with Crippen LogP contribution in [0.15, 0.2) is 59.9 Å². The Kier molecular flexibility index (Phi) is 9.39. The van der Waals surface area contributed by atoms with E-state index < -0.39 is 16.0 Å². The van der Waals surface area contributed by atoms with Crippen LogP contribution in [0.5, 0.6) is 0 Å². The van der Waals surface area contributed by atoms with Crippen LogP contribution in [0.2, 0.25) is 0 Å². The number of pyridine rings is 1. The average molecular weight is 459 g/mol. The number of nitrogens with one attached hydrogen (secondary N) is 2. The van der Waals surface area contributed by atoms with Gasteiger partial charge in [0.2, 0.25) is 16.0 Å². The number of guanidine groups is 1. The number of aliphatic imine (C=N–C) groups is 1. The van der Waals surface area contributed by atoms with E-state index in [4.69, 9.17) is 5.11 Å². The van der Waals surface area contributed by atoms with Crippen molar-refractivity contribution in [3.63, 3.8) is 0 Å². The summed E-state index contributed by atoms with van der Waals surface area (Å²) in [5.74, 6) is -0.392. The predicted molar refractivity (Wildman–Crippen MR) is 128 cm³/mol. The Balaban J connectivity index is 2.34. The molecule has 1 aromatic heterocycles. The van der Waals surface area contributed by atoms with Crippen molar-refractivity contribution < 1.29 is 18.3 Å². The van der Waals surface area contributed by atoms with Gasteiger partial charge in [-0.2, -0.15) is 0 Å². The fourth-order valence-electron chi connectivity index (χ4n) is 2.87. The molecule has 1 heterocycles. The lowest BCUT2D eigenvalue weighted by Gasteiger charge is -2.14. The van der Waals surface area contributed by atoms with Gasteiger partial charge in [-0.25, -0.2) is 8.42 Å². The SMILES string of the molecule is CC(C)CN=C(Nc1cccc(C(=CCCCC(=O)O)c2cccnc2)c1)NS(C)(=O)=O. The Hall–Kier alpha value is -3.20. The van der Waals surface area contributed by atoms with Gasteiger partial charge in [-0.1, -0.05) is 38.1 Å². The number of carboxylic acids is 1. The van der Waals surface area contributed by atoms with Crippen molar-refractivity contribution in [2.75, 3.05) is 18.1 Å². The van der Waals surface area contributed by atoms with Crippen LogP contribution >= 0.6 is 0 Å². The third kappa shape index (κ3) is 9.30. The topological polar surface area (TPSA) is 121 Å². The minimum Gasteiger partial charge on any atom is -0.481 e. The largest absolute Gasteiger partial charge is 0.481 e. The van der Waals surface area contributed by atoms with Crippen molar-refractivity contribution in [3.8, 4) is 0 Å². The van der Waals surface area contributed by atoms with Gasteiger partial charge in [0.05, 0.1) is 6.26 Å². The van der Waals surface area contributed by atoms with E-state index in [1.807, 2.05) is 56.3 Å². The molecule has 0 saturated heterocycles. The highest BCUT2D eigenvalue weighted by Gasteiger charge is 2.10. The fraction of sp³-hybridized carbons (Fsp3) is 0.348. The van der Waals surface area contributed by atoms with E-state index in [1.165, 1.54) is 0 Å². The number of hydrogen-bond donors (Lipinski definition) is 3. The third-order valence-corrected chi connectivity index (χ3v) is 4.81. The number of hydrogen-bond acceptors (Lipinski definition) is 5. The maximum absolute atomic E-state index is 11.7. The summed E-state index contributed by atoms with van der Waals surface area (Å²) in [6, 6.07) is 11.3. The molecule has 1 aromatic carbocycles. The molecule has 0 fully saturated rings. The predicted octanol–water partition coefficient (Wildman–Crippen LogP) is 3.74. The molecule has 0 atom stereocenters. The molecule has 0 bridgehead atoms. The number of unbranched alkanes of at least 4 members (excludes halogenated alkanes) is 1.